The number of benzene rings is 2. The summed E-state index contributed by atoms with van der Waals surface area (Å²) in [5, 5.41) is 3.45. The van der Waals surface area contributed by atoms with Gasteiger partial charge < -0.3 is 13.9 Å². The number of nitrogens with zero attached hydrogens (tertiary/aromatic N) is 3. The molecule has 0 radical (unpaired) electrons. The van der Waals surface area contributed by atoms with Gasteiger partial charge >= 0.3 is 0 Å². The van der Waals surface area contributed by atoms with Crippen LogP contribution in [0.1, 0.15) is 36.6 Å². The molecular weight excluding hydrogens is 440 g/mol. The minimum Gasteiger partial charge on any atom is -0.494 e. The van der Waals surface area contributed by atoms with Crippen molar-refractivity contribution >= 4 is 33.9 Å². The number of hydrogen-bond donors (Lipinski definition) is 1. The third-order valence-corrected chi connectivity index (χ3v) is 6.32. The summed E-state index contributed by atoms with van der Waals surface area (Å²) in [6.45, 7) is 6.36. The van der Waals surface area contributed by atoms with E-state index in [-0.39, 0.29) is 11.8 Å². The molecule has 5 rings (SSSR count). The Hall–Kier alpha value is -4.13. The minimum atomic E-state index is -0.375. The maximum atomic E-state index is 13.0. The fourth-order valence-electron chi connectivity index (χ4n) is 4.59. The van der Waals surface area contributed by atoms with Crippen molar-refractivity contribution in [1.29, 1.82) is 0 Å². The number of para-hydroxylation sites is 1. The number of amides is 2. The second kappa shape index (κ2) is 9.62. The molecule has 0 bridgehead atoms. The SMILES string of the molecule is CCCOc1ccc(C2=C(c3cn(CCCn4cncc4C)c4ccccc34)C(=O)NC2=O)cc1. The second-order valence-electron chi connectivity index (χ2n) is 8.74. The van der Waals surface area contributed by atoms with Gasteiger partial charge in [0.2, 0.25) is 0 Å². The first-order chi connectivity index (χ1) is 17.1. The third kappa shape index (κ3) is 4.37. The number of rotatable bonds is 9. The lowest BCUT2D eigenvalue weighted by atomic mass is 9.96. The van der Waals surface area contributed by atoms with Crippen LogP contribution in [0.15, 0.2) is 67.3 Å². The molecule has 2 aromatic heterocycles. The van der Waals surface area contributed by atoms with Crippen molar-refractivity contribution in [3.8, 4) is 5.75 Å². The summed E-state index contributed by atoms with van der Waals surface area (Å²) >= 11 is 0. The van der Waals surface area contributed by atoms with Crippen molar-refractivity contribution in [1.82, 2.24) is 19.4 Å². The first kappa shape index (κ1) is 22.7. The van der Waals surface area contributed by atoms with Crippen LogP contribution in [0.4, 0.5) is 0 Å². The van der Waals surface area contributed by atoms with E-state index < -0.39 is 0 Å². The van der Waals surface area contributed by atoms with Gasteiger partial charge in [0, 0.05) is 47.6 Å². The molecule has 1 aliphatic rings. The van der Waals surface area contributed by atoms with Gasteiger partial charge in [-0.25, -0.2) is 4.98 Å². The van der Waals surface area contributed by atoms with Gasteiger partial charge in [0.05, 0.1) is 24.1 Å². The number of carbonyl (C=O) groups excluding carboxylic acids is 2. The van der Waals surface area contributed by atoms with E-state index in [1.165, 1.54) is 0 Å². The van der Waals surface area contributed by atoms with E-state index in [0.29, 0.717) is 23.3 Å². The van der Waals surface area contributed by atoms with Crippen LogP contribution >= 0.6 is 0 Å². The number of aromatic nitrogens is 3. The maximum Gasteiger partial charge on any atom is 0.259 e. The summed E-state index contributed by atoms with van der Waals surface area (Å²) in [5.74, 6) is 0.0000988. The van der Waals surface area contributed by atoms with Crippen LogP contribution in [0.2, 0.25) is 0 Å². The molecule has 0 saturated carbocycles. The predicted molar refractivity (Wildman–Crippen MR) is 136 cm³/mol. The van der Waals surface area contributed by atoms with Gasteiger partial charge in [0.1, 0.15) is 5.75 Å². The molecule has 1 aliphatic heterocycles. The summed E-state index contributed by atoms with van der Waals surface area (Å²) < 4.78 is 9.97. The molecule has 0 unspecified atom stereocenters. The van der Waals surface area contributed by atoms with Crippen LogP contribution in [-0.2, 0) is 22.7 Å². The number of aryl methyl sites for hydroxylation is 3. The van der Waals surface area contributed by atoms with Gasteiger partial charge in [-0.05, 0) is 43.5 Å². The standard InChI is InChI=1S/C28H28N4O3/c1-3-15-35-21-11-9-20(10-12-21)25-26(28(34)30-27(25)33)23-17-31(24-8-5-4-7-22(23)24)13-6-14-32-18-29-16-19(32)2/h4-5,7-12,16-18H,3,6,13-15H2,1-2H3,(H,30,33,34). The van der Waals surface area contributed by atoms with Crippen LogP contribution in [0, 0.1) is 6.92 Å². The Balaban J connectivity index is 1.52. The molecule has 0 atom stereocenters. The zero-order valence-electron chi connectivity index (χ0n) is 20.0. The maximum absolute atomic E-state index is 13.0. The summed E-state index contributed by atoms with van der Waals surface area (Å²) in [6, 6.07) is 15.4. The molecule has 3 heterocycles. The number of imidazole rings is 1. The summed E-state index contributed by atoms with van der Waals surface area (Å²) in [6.07, 6.45) is 7.53. The van der Waals surface area contributed by atoms with E-state index in [0.717, 1.165) is 53.8 Å². The Morgan fingerprint density at radius 3 is 2.43 bits per heavy atom. The normalized spacial score (nSPS) is 13.7. The monoisotopic (exact) mass is 468 g/mol. The fraction of sp³-hybridized carbons (Fsp3) is 0.250. The van der Waals surface area contributed by atoms with E-state index in [4.69, 9.17) is 4.74 Å². The first-order valence-corrected chi connectivity index (χ1v) is 11.9. The molecule has 2 amide bonds. The van der Waals surface area contributed by atoms with Crippen LogP contribution < -0.4 is 10.1 Å². The lowest BCUT2D eigenvalue weighted by molar-refractivity contribution is -0.122. The summed E-state index contributed by atoms with van der Waals surface area (Å²) in [7, 11) is 0. The van der Waals surface area contributed by atoms with Crippen molar-refractivity contribution in [3.05, 3.63) is 84.1 Å². The van der Waals surface area contributed by atoms with Crippen LogP contribution in [0.3, 0.4) is 0 Å². The van der Waals surface area contributed by atoms with Crippen LogP contribution in [-0.4, -0.2) is 32.5 Å². The largest absolute Gasteiger partial charge is 0.494 e. The molecule has 0 fully saturated rings. The molecule has 178 valence electrons. The second-order valence-corrected chi connectivity index (χ2v) is 8.74. The van der Waals surface area contributed by atoms with Crippen molar-refractivity contribution in [2.75, 3.05) is 6.61 Å². The van der Waals surface area contributed by atoms with E-state index >= 15 is 0 Å². The lowest BCUT2D eigenvalue weighted by Gasteiger charge is -2.07. The van der Waals surface area contributed by atoms with Crippen molar-refractivity contribution < 1.29 is 14.3 Å². The number of hydrogen-bond acceptors (Lipinski definition) is 4. The highest BCUT2D eigenvalue weighted by molar-refractivity contribution is 6.50. The summed E-state index contributed by atoms with van der Waals surface area (Å²) in [4.78, 5) is 30.1. The molecule has 7 heteroatoms. The molecular formula is C28H28N4O3. The topological polar surface area (TPSA) is 78.2 Å². The van der Waals surface area contributed by atoms with E-state index in [2.05, 4.69) is 32.4 Å². The zero-order chi connectivity index (χ0) is 24.4. The molecule has 1 N–H and O–H groups in total. The molecule has 7 nitrogen and oxygen atoms in total. The average Bonchev–Trinajstić information content (AvgIpc) is 3.53. The van der Waals surface area contributed by atoms with Gasteiger partial charge in [-0.2, -0.15) is 0 Å². The Bertz CT molecular complexity index is 1430. The molecule has 4 aromatic rings. The van der Waals surface area contributed by atoms with Gasteiger partial charge in [0.15, 0.2) is 0 Å². The molecule has 2 aromatic carbocycles. The quantitative estimate of drug-likeness (QED) is 0.365. The molecule has 0 aliphatic carbocycles. The number of ether oxygens (including phenoxy) is 1. The minimum absolute atomic E-state index is 0.367. The Kier molecular flexibility index (Phi) is 6.23. The highest BCUT2D eigenvalue weighted by Gasteiger charge is 2.33. The molecule has 35 heavy (non-hydrogen) atoms. The smallest absolute Gasteiger partial charge is 0.259 e. The Morgan fingerprint density at radius 1 is 0.943 bits per heavy atom. The predicted octanol–water partition coefficient (Wildman–Crippen LogP) is 4.59. The van der Waals surface area contributed by atoms with Gasteiger partial charge in [0.25, 0.3) is 11.8 Å². The number of carbonyl (C=O) groups is 2. The van der Waals surface area contributed by atoms with E-state index in [1.54, 1.807) is 0 Å². The van der Waals surface area contributed by atoms with Gasteiger partial charge in [-0.3, -0.25) is 14.9 Å². The summed E-state index contributed by atoms with van der Waals surface area (Å²) in [5.41, 5.74) is 4.44. The lowest BCUT2D eigenvalue weighted by Crippen LogP contribution is -2.22. The van der Waals surface area contributed by atoms with Crippen molar-refractivity contribution in [3.63, 3.8) is 0 Å². The average molecular weight is 469 g/mol. The number of nitrogens with one attached hydrogen (secondary N) is 1. The van der Waals surface area contributed by atoms with E-state index in [1.807, 2.05) is 68.1 Å². The highest BCUT2D eigenvalue weighted by atomic mass is 16.5. The zero-order valence-corrected chi connectivity index (χ0v) is 20.0. The number of fused-ring (bicyclic) bond motifs is 1. The van der Waals surface area contributed by atoms with Gasteiger partial charge in [-0.1, -0.05) is 37.3 Å². The van der Waals surface area contributed by atoms with Crippen molar-refractivity contribution in [2.45, 2.75) is 39.8 Å². The van der Waals surface area contributed by atoms with Crippen molar-refractivity contribution in [2.24, 2.45) is 0 Å². The third-order valence-electron chi connectivity index (χ3n) is 6.32. The fourth-order valence-corrected chi connectivity index (χ4v) is 4.59. The van der Waals surface area contributed by atoms with E-state index in [9.17, 15) is 9.59 Å². The molecule has 0 spiro atoms. The first-order valence-electron chi connectivity index (χ1n) is 11.9. The molecule has 0 saturated heterocycles. The Morgan fingerprint density at radius 2 is 1.69 bits per heavy atom. The Labute approximate surface area is 204 Å². The highest BCUT2D eigenvalue weighted by Crippen LogP contribution is 2.36. The number of imide groups is 1. The van der Waals surface area contributed by atoms with Crippen LogP contribution in [0.25, 0.3) is 22.0 Å². The van der Waals surface area contributed by atoms with Gasteiger partial charge in [-0.15, -0.1) is 0 Å². The van der Waals surface area contributed by atoms with Crippen LogP contribution in [0.5, 0.6) is 5.75 Å².